The van der Waals surface area contributed by atoms with Crippen molar-refractivity contribution in [1.82, 2.24) is 0 Å². The average molecular weight is 319 g/mol. The smallest absolute Gasteiger partial charge is 0.261 e. The van der Waals surface area contributed by atoms with Gasteiger partial charge in [-0.05, 0) is 24.3 Å². The van der Waals surface area contributed by atoms with E-state index in [-0.39, 0.29) is 10.7 Å². The highest BCUT2D eigenvalue weighted by molar-refractivity contribution is 7.92. The predicted octanol–water partition coefficient (Wildman–Crippen LogP) is 3.09. The Balaban J connectivity index is 2.24. The number of rotatable bonds is 6. The van der Waals surface area contributed by atoms with E-state index in [0.717, 1.165) is 0 Å². The lowest BCUT2D eigenvalue weighted by Crippen LogP contribution is -2.13. The Morgan fingerprint density at radius 2 is 1.82 bits per heavy atom. The van der Waals surface area contributed by atoms with Crippen LogP contribution in [-0.4, -0.2) is 21.3 Å². The van der Waals surface area contributed by atoms with E-state index in [1.54, 1.807) is 31.2 Å². The van der Waals surface area contributed by atoms with Crippen molar-refractivity contribution >= 4 is 21.5 Å². The molecule has 0 aliphatic heterocycles. The second-order valence-electron chi connectivity index (χ2n) is 4.64. The molecule has 0 amide bonds. The van der Waals surface area contributed by atoms with E-state index in [4.69, 9.17) is 4.74 Å². The molecule has 0 saturated heterocycles. The van der Waals surface area contributed by atoms with Crippen molar-refractivity contribution in [3.8, 4) is 5.75 Å². The molecule has 5 nitrogen and oxygen atoms in total. The van der Waals surface area contributed by atoms with E-state index in [1.807, 2.05) is 0 Å². The minimum atomic E-state index is -3.70. The molecule has 22 heavy (non-hydrogen) atoms. The number of Topliss-reactive ketones (excluding diaryl/α,β-unsaturated/α-hetero) is 1. The Morgan fingerprint density at radius 3 is 2.41 bits per heavy atom. The normalized spacial score (nSPS) is 11.0. The van der Waals surface area contributed by atoms with Gasteiger partial charge in [0.25, 0.3) is 10.0 Å². The maximum absolute atomic E-state index is 12.3. The standard InChI is InChI=1S/C16H17NO4S/c1-3-16(18)12-7-9-15(10-8-12)22(19,20)17-13-5-4-6-14(11-13)21-2/h4-11,17H,3H2,1-2H3. The molecule has 0 bridgehead atoms. The number of ketones is 1. The van der Waals surface area contributed by atoms with Crippen LogP contribution in [0.5, 0.6) is 5.75 Å². The van der Waals surface area contributed by atoms with Crippen LogP contribution in [-0.2, 0) is 10.0 Å². The van der Waals surface area contributed by atoms with Crippen LogP contribution in [0, 0.1) is 0 Å². The van der Waals surface area contributed by atoms with Gasteiger partial charge in [-0.1, -0.05) is 25.1 Å². The molecule has 2 aromatic carbocycles. The number of sulfonamides is 1. The Labute approximate surface area is 130 Å². The fraction of sp³-hybridized carbons (Fsp3) is 0.188. The van der Waals surface area contributed by atoms with Crippen molar-refractivity contribution in [3.05, 3.63) is 54.1 Å². The fourth-order valence-electron chi connectivity index (χ4n) is 1.92. The molecule has 2 rings (SSSR count). The third-order valence-corrected chi connectivity index (χ3v) is 4.53. The highest BCUT2D eigenvalue weighted by Crippen LogP contribution is 2.21. The van der Waals surface area contributed by atoms with Crippen LogP contribution in [0.25, 0.3) is 0 Å². The van der Waals surface area contributed by atoms with Crippen LogP contribution >= 0.6 is 0 Å². The molecule has 0 atom stereocenters. The second kappa shape index (κ2) is 6.62. The van der Waals surface area contributed by atoms with Gasteiger partial charge >= 0.3 is 0 Å². The molecule has 0 spiro atoms. The first-order chi connectivity index (χ1) is 10.5. The molecule has 0 aliphatic carbocycles. The van der Waals surface area contributed by atoms with E-state index in [2.05, 4.69) is 4.72 Å². The van der Waals surface area contributed by atoms with Gasteiger partial charge in [-0.25, -0.2) is 8.42 Å². The zero-order chi connectivity index (χ0) is 16.2. The number of nitrogens with one attached hydrogen (secondary N) is 1. The first kappa shape index (κ1) is 16.0. The summed E-state index contributed by atoms with van der Waals surface area (Å²) in [6.07, 6.45) is 0.383. The van der Waals surface area contributed by atoms with Gasteiger partial charge in [-0.15, -0.1) is 0 Å². The number of ether oxygens (including phenoxy) is 1. The van der Waals surface area contributed by atoms with Crippen LogP contribution in [0.1, 0.15) is 23.7 Å². The molecule has 0 saturated carbocycles. The summed E-state index contributed by atoms with van der Waals surface area (Å²) in [6.45, 7) is 1.76. The Morgan fingerprint density at radius 1 is 1.14 bits per heavy atom. The second-order valence-corrected chi connectivity index (χ2v) is 6.32. The van der Waals surface area contributed by atoms with Gasteiger partial charge in [-0.2, -0.15) is 0 Å². The van der Waals surface area contributed by atoms with E-state index >= 15 is 0 Å². The van der Waals surface area contributed by atoms with Crippen molar-refractivity contribution in [2.24, 2.45) is 0 Å². The lowest BCUT2D eigenvalue weighted by molar-refractivity contribution is 0.0988. The van der Waals surface area contributed by atoms with E-state index < -0.39 is 10.0 Å². The Hall–Kier alpha value is -2.34. The SMILES string of the molecule is CCC(=O)c1ccc(S(=O)(=O)Nc2cccc(OC)c2)cc1. The molecule has 6 heteroatoms. The Bertz CT molecular complexity index is 767. The molecular weight excluding hydrogens is 302 g/mol. The molecule has 0 heterocycles. The van der Waals surface area contributed by atoms with Gasteiger partial charge in [0.2, 0.25) is 0 Å². The van der Waals surface area contributed by atoms with Gasteiger partial charge in [0.05, 0.1) is 17.7 Å². The fourth-order valence-corrected chi connectivity index (χ4v) is 2.97. The van der Waals surface area contributed by atoms with Crippen LogP contribution in [0.3, 0.4) is 0 Å². The summed E-state index contributed by atoms with van der Waals surface area (Å²) < 4.78 is 32.2. The van der Waals surface area contributed by atoms with Gasteiger partial charge in [-0.3, -0.25) is 9.52 Å². The molecule has 0 unspecified atom stereocenters. The minimum absolute atomic E-state index is 0.0234. The van der Waals surface area contributed by atoms with Gasteiger partial charge in [0.1, 0.15) is 5.75 Å². The average Bonchev–Trinajstić information content (AvgIpc) is 2.54. The van der Waals surface area contributed by atoms with Gasteiger partial charge in [0, 0.05) is 18.1 Å². The Kier molecular flexibility index (Phi) is 4.82. The summed E-state index contributed by atoms with van der Waals surface area (Å²) in [5, 5.41) is 0. The molecule has 0 aliphatic rings. The molecule has 1 N–H and O–H groups in total. The highest BCUT2D eigenvalue weighted by atomic mass is 32.2. The number of carbonyl (C=O) groups is 1. The minimum Gasteiger partial charge on any atom is -0.497 e. The number of hydrogen-bond donors (Lipinski definition) is 1. The maximum atomic E-state index is 12.3. The quantitative estimate of drug-likeness (QED) is 0.830. The summed E-state index contributed by atoms with van der Waals surface area (Å²) >= 11 is 0. The van der Waals surface area contributed by atoms with Crippen LogP contribution in [0.4, 0.5) is 5.69 Å². The van der Waals surface area contributed by atoms with E-state index in [1.165, 1.54) is 31.4 Å². The van der Waals surface area contributed by atoms with Crippen LogP contribution in [0.15, 0.2) is 53.4 Å². The van der Waals surface area contributed by atoms with Gasteiger partial charge in [0.15, 0.2) is 5.78 Å². The maximum Gasteiger partial charge on any atom is 0.261 e. The zero-order valence-corrected chi connectivity index (χ0v) is 13.2. The first-order valence-electron chi connectivity index (χ1n) is 6.76. The highest BCUT2D eigenvalue weighted by Gasteiger charge is 2.15. The topological polar surface area (TPSA) is 72.5 Å². The van der Waals surface area contributed by atoms with Crippen molar-refractivity contribution in [2.45, 2.75) is 18.2 Å². The number of carbonyl (C=O) groups excluding carboxylic acids is 1. The monoisotopic (exact) mass is 319 g/mol. The van der Waals surface area contributed by atoms with Crippen molar-refractivity contribution < 1.29 is 17.9 Å². The third-order valence-electron chi connectivity index (χ3n) is 3.13. The molecule has 116 valence electrons. The number of methoxy groups -OCH3 is 1. The lowest BCUT2D eigenvalue weighted by atomic mass is 10.1. The molecule has 2 aromatic rings. The predicted molar refractivity (Wildman–Crippen MR) is 84.9 cm³/mol. The number of hydrogen-bond acceptors (Lipinski definition) is 4. The molecule has 0 fully saturated rings. The van der Waals surface area contributed by atoms with Gasteiger partial charge < -0.3 is 4.74 Å². The molecular formula is C16H17NO4S. The zero-order valence-electron chi connectivity index (χ0n) is 12.4. The molecule has 0 radical (unpaired) electrons. The number of benzene rings is 2. The van der Waals surface area contributed by atoms with Crippen molar-refractivity contribution in [3.63, 3.8) is 0 Å². The summed E-state index contributed by atoms with van der Waals surface area (Å²) in [5.41, 5.74) is 0.913. The van der Waals surface area contributed by atoms with E-state index in [9.17, 15) is 13.2 Å². The van der Waals surface area contributed by atoms with Crippen molar-refractivity contribution in [1.29, 1.82) is 0 Å². The first-order valence-corrected chi connectivity index (χ1v) is 8.24. The summed E-state index contributed by atoms with van der Waals surface area (Å²) in [4.78, 5) is 11.7. The summed E-state index contributed by atoms with van der Waals surface area (Å²) in [7, 11) is -2.19. The van der Waals surface area contributed by atoms with E-state index in [0.29, 0.717) is 23.4 Å². The third kappa shape index (κ3) is 3.65. The number of anilines is 1. The van der Waals surface area contributed by atoms with Crippen LogP contribution in [0.2, 0.25) is 0 Å². The molecule has 0 aromatic heterocycles. The lowest BCUT2D eigenvalue weighted by Gasteiger charge is -2.09. The largest absolute Gasteiger partial charge is 0.497 e. The summed E-state index contributed by atoms with van der Waals surface area (Å²) in [5.74, 6) is 0.536. The summed E-state index contributed by atoms with van der Waals surface area (Å²) in [6, 6.07) is 12.5. The van der Waals surface area contributed by atoms with Crippen LogP contribution < -0.4 is 9.46 Å². The van der Waals surface area contributed by atoms with Crippen molar-refractivity contribution in [2.75, 3.05) is 11.8 Å².